The predicted octanol–water partition coefficient (Wildman–Crippen LogP) is 2.54. The summed E-state index contributed by atoms with van der Waals surface area (Å²) in [4.78, 5) is 33.1. The predicted molar refractivity (Wildman–Crippen MR) is 79.6 cm³/mol. The fraction of sp³-hybridized carbons (Fsp3) is 0.250. The molecular weight excluding hydrogens is 367 g/mol. The molecular formula is C12H12BrClN2O5. The molecule has 1 aromatic carbocycles. The minimum atomic E-state index is -1.31. The van der Waals surface area contributed by atoms with E-state index in [2.05, 4.69) is 26.6 Å². The van der Waals surface area contributed by atoms with Crippen LogP contribution in [-0.4, -0.2) is 34.2 Å². The molecule has 2 amide bonds. The van der Waals surface area contributed by atoms with E-state index in [4.69, 9.17) is 21.8 Å². The van der Waals surface area contributed by atoms with Crippen LogP contribution in [0.5, 0.6) is 0 Å². The standard InChI is InChI=1S/C12H12BrClN2O5/c13-10-6(14)2-1-3-7(10)15-12(21)16-8(11(19)20)4-5-9(17)18/h1-3,8H,4-5H2,(H,17,18)(H,19,20)(H2,15,16,21). The normalized spacial score (nSPS) is 11.5. The number of carbonyl (C=O) groups excluding carboxylic acids is 1. The molecule has 9 heteroatoms. The van der Waals surface area contributed by atoms with Crippen LogP contribution >= 0.6 is 27.5 Å². The topological polar surface area (TPSA) is 116 Å². The van der Waals surface area contributed by atoms with Crippen molar-refractivity contribution in [1.29, 1.82) is 0 Å². The van der Waals surface area contributed by atoms with Gasteiger partial charge in [-0.25, -0.2) is 9.59 Å². The molecule has 1 unspecified atom stereocenters. The molecule has 21 heavy (non-hydrogen) atoms. The number of carbonyl (C=O) groups is 3. The average Bonchev–Trinajstić information content (AvgIpc) is 2.39. The summed E-state index contributed by atoms with van der Waals surface area (Å²) in [6, 6.07) is 2.74. The summed E-state index contributed by atoms with van der Waals surface area (Å²) in [6.45, 7) is 0. The van der Waals surface area contributed by atoms with E-state index in [1.807, 2.05) is 0 Å². The second-order valence-electron chi connectivity index (χ2n) is 4.02. The molecule has 1 rings (SSSR count). The molecule has 1 aromatic rings. The summed E-state index contributed by atoms with van der Waals surface area (Å²) < 4.78 is 0.458. The monoisotopic (exact) mass is 378 g/mol. The van der Waals surface area contributed by atoms with Crippen molar-refractivity contribution in [1.82, 2.24) is 5.32 Å². The van der Waals surface area contributed by atoms with E-state index < -0.39 is 24.0 Å². The van der Waals surface area contributed by atoms with Crippen LogP contribution in [0.25, 0.3) is 0 Å². The lowest BCUT2D eigenvalue weighted by atomic mass is 10.1. The number of nitrogens with one attached hydrogen (secondary N) is 2. The van der Waals surface area contributed by atoms with E-state index in [9.17, 15) is 14.4 Å². The van der Waals surface area contributed by atoms with Crippen LogP contribution in [0, 0.1) is 0 Å². The highest BCUT2D eigenvalue weighted by Crippen LogP contribution is 2.29. The zero-order valence-corrected chi connectivity index (χ0v) is 12.9. The van der Waals surface area contributed by atoms with Crippen molar-refractivity contribution in [3.8, 4) is 0 Å². The fourth-order valence-electron chi connectivity index (χ4n) is 1.44. The lowest BCUT2D eigenvalue weighted by Crippen LogP contribution is -2.43. The Kier molecular flexibility index (Phi) is 6.44. The molecule has 0 radical (unpaired) electrons. The summed E-state index contributed by atoms with van der Waals surface area (Å²) >= 11 is 9.05. The number of carboxylic acids is 2. The van der Waals surface area contributed by atoms with Crippen LogP contribution < -0.4 is 10.6 Å². The lowest BCUT2D eigenvalue weighted by Gasteiger charge is -2.15. The highest BCUT2D eigenvalue weighted by atomic mass is 79.9. The van der Waals surface area contributed by atoms with Crippen molar-refractivity contribution in [2.24, 2.45) is 0 Å². The molecule has 1 atom stereocenters. The molecule has 0 aromatic heterocycles. The highest BCUT2D eigenvalue weighted by Gasteiger charge is 2.21. The summed E-state index contributed by atoms with van der Waals surface area (Å²) in [5.41, 5.74) is 0.363. The second kappa shape index (κ2) is 7.84. The molecule has 0 heterocycles. The van der Waals surface area contributed by atoms with E-state index in [0.717, 1.165) is 0 Å². The maximum absolute atomic E-state index is 11.7. The number of carboxylic acid groups (broad SMARTS) is 2. The zero-order valence-electron chi connectivity index (χ0n) is 10.6. The molecule has 0 saturated heterocycles. The maximum atomic E-state index is 11.7. The Hall–Kier alpha value is -1.80. The Labute approximate surface area is 133 Å². The minimum Gasteiger partial charge on any atom is -0.481 e. The molecule has 0 bridgehead atoms. The van der Waals surface area contributed by atoms with Gasteiger partial charge >= 0.3 is 18.0 Å². The van der Waals surface area contributed by atoms with Gasteiger partial charge in [0.1, 0.15) is 6.04 Å². The number of benzene rings is 1. The Bertz CT molecular complexity index is 567. The van der Waals surface area contributed by atoms with Gasteiger partial charge in [0.25, 0.3) is 0 Å². The number of hydrogen-bond donors (Lipinski definition) is 4. The first-order valence-electron chi connectivity index (χ1n) is 5.77. The quantitative estimate of drug-likeness (QED) is 0.606. The number of anilines is 1. The smallest absolute Gasteiger partial charge is 0.326 e. The van der Waals surface area contributed by atoms with Crippen LogP contribution in [-0.2, 0) is 9.59 Å². The summed E-state index contributed by atoms with van der Waals surface area (Å²) in [5, 5.41) is 22.5. The van der Waals surface area contributed by atoms with Gasteiger partial charge in [0, 0.05) is 6.42 Å². The van der Waals surface area contributed by atoms with E-state index in [-0.39, 0.29) is 12.8 Å². The van der Waals surface area contributed by atoms with E-state index in [1.165, 1.54) is 0 Å². The van der Waals surface area contributed by atoms with E-state index in [0.29, 0.717) is 15.2 Å². The highest BCUT2D eigenvalue weighted by molar-refractivity contribution is 9.10. The molecule has 4 N–H and O–H groups in total. The Morgan fingerprint density at radius 1 is 1.29 bits per heavy atom. The average molecular weight is 380 g/mol. The van der Waals surface area contributed by atoms with Crippen molar-refractivity contribution in [2.45, 2.75) is 18.9 Å². The number of halogens is 2. The molecule has 0 spiro atoms. The molecule has 0 aliphatic carbocycles. The first-order chi connectivity index (χ1) is 9.81. The molecule has 7 nitrogen and oxygen atoms in total. The van der Waals surface area contributed by atoms with Gasteiger partial charge in [0.15, 0.2) is 0 Å². The van der Waals surface area contributed by atoms with Gasteiger partial charge < -0.3 is 20.8 Å². The number of urea groups is 1. The molecule has 0 fully saturated rings. The van der Waals surface area contributed by atoms with Crippen molar-refractivity contribution < 1.29 is 24.6 Å². The van der Waals surface area contributed by atoms with Gasteiger partial charge in [0.2, 0.25) is 0 Å². The first kappa shape index (κ1) is 17.3. The molecule has 0 saturated carbocycles. The van der Waals surface area contributed by atoms with Crippen molar-refractivity contribution in [3.05, 3.63) is 27.7 Å². The number of amides is 2. The summed E-state index contributed by atoms with van der Waals surface area (Å²) in [5.74, 6) is -2.45. The van der Waals surface area contributed by atoms with Gasteiger partial charge in [-0.2, -0.15) is 0 Å². The Morgan fingerprint density at radius 3 is 2.52 bits per heavy atom. The van der Waals surface area contributed by atoms with E-state index >= 15 is 0 Å². The van der Waals surface area contributed by atoms with Crippen molar-refractivity contribution >= 4 is 51.2 Å². The summed E-state index contributed by atoms with van der Waals surface area (Å²) in [7, 11) is 0. The third kappa shape index (κ3) is 5.60. The maximum Gasteiger partial charge on any atom is 0.326 e. The van der Waals surface area contributed by atoms with Gasteiger partial charge in [-0.3, -0.25) is 4.79 Å². The zero-order chi connectivity index (χ0) is 16.0. The minimum absolute atomic E-state index is 0.213. The van der Waals surface area contributed by atoms with Gasteiger partial charge in [-0.05, 0) is 34.5 Å². The van der Waals surface area contributed by atoms with Crippen LogP contribution in [0.15, 0.2) is 22.7 Å². The largest absolute Gasteiger partial charge is 0.481 e. The Balaban J connectivity index is 2.67. The van der Waals surface area contributed by atoms with Crippen molar-refractivity contribution in [3.63, 3.8) is 0 Å². The van der Waals surface area contributed by atoms with Gasteiger partial charge in [0.05, 0.1) is 15.2 Å². The van der Waals surface area contributed by atoms with Crippen LogP contribution in [0.3, 0.4) is 0 Å². The number of rotatable bonds is 6. The first-order valence-corrected chi connectivity index (χ1v) is 6.94. The third-order valence-electron chi connectivity index (χ3n) is 2.45. The molecule has 0 aliphatic heterocycles. The number of hydrogen-bond acceptors (Lipinski definition) is 3. The van der Waals surface area contributed by atoms with Crippen LogP contribution in [0.2, 0.25) is 5.02 Å². The van der Waals surface area contributed by atoms with Crippen LogP contribution in [0.4, 0.5) is 10.5 Å². The van der Waals surface area contributed by atoms with E-state index in [1.54, 1.807) is 18.2 Å². The summed E-state index contributed by atoms with van der Waals surface area (Å²) in [6.07, 6.45) is -0.576. The lowest BCUT2D eigenvalue weighted by molar-refractivity contribution is -0.140. The number of aliphatic carboxylic acids is 2. The van der Waals surface area contributed by atoms with Gasteiger partial charge in [-0.15, -0.1) is 0 Å². The van der Waals surface area contributed by atoms with Gasteiger partial charge in [-0.1, -0.05) is 17.7 Å². The molecule has 0 aliphatic rings. The second-order valence-corrected chi connectivity index (χ2v) is 5.22. The van der Waals surface area contributed by atoms with Crippen molar-refractivity contribution in [2.75, 3.05) is 5.32 Å². The SMILES string of the molecule is O=C(O)CCC(NC(=O)Nc1cccc(Cl)c1Br)C(=O)O. The van der Waals surface area contributed by atoms with Crippen LogP contribution in [0.1, 0.15) is 12.8 Å². The fourth-order valence-corrected chi connectivity index (χ4v) is 1.98. The third-order valence-corrected chi connectivity index (χ3v) is 3.85. The molecule has 114 valence electrons. The Morgan fingerprint density at radius 2 is 1.95 bits per heavy atom.